The molecule has 16 nitrogen and oxygen atoms in total. The minimum Gasteiger partial charge on any atom is -0.373 e. The number of hydrogen-bond acceptors (Lipinski definition) is 14. The second-order valence-corrected chi connectivity index (χ2v) is 22.3. The van der Waals surface area contributed by atoms with Gasteiger partial charge in [0.2, 0.25) is 5.28 Å². The van der Waals surface area contributed by atoms with E-state index in [0.717, 1.165) is 116 Å². The molecule has 7 aromatic heterocycles. The summed E-state index contributed by atoms with van der Waals surface area (Å²) < 4.78 is 43.7. The van der Waals surface area contributed by atoms with E-state index in [4.69, 9.17) is 49.8 Å². The van der Waals surface area contributed by atoms with E-state index in [1.165, 1.54) is 36.4 Å². The Morgan fingerprint density at radius 1 is 0.476 bits per heavy atom. The molecule has 22 heteroatoms. The molecule has 0 saturated heterocycles. The maximum Gasteiger partial charge on any atom is 0.225 e. The van der Waals surface area contributed by atoms with Gasteiger partial charge in [0.05, 0.1) is 11.4 Å². The minimum absolute atomic E-state index is 0.116. The lowest BCUT2D eigenvalue weighted by Crippen LogP contribution is -2.16. The fraction of sp³-hybridized carbons (Fsp3) is 0.258. The highest BCUT2D eigenvalue weighted by atomic mass is 35.5. The van der Waals surface area contributed by atoms with E-state index in [1.807, 2.05) is 80.5 Å². The molecular formula is C62H58Cl3F3N16. The Morgan fingerprint density at radius 2 is 0.857 bits per heavy atom. The van der Waals surface area contributed by atoms with Crippen molar-refractivity contribution >= 4 is 75.1 Å². The molecular weight excluding hydrogens is 1130 g/mol. The molecule has 1 N–H and O–H groups in total. The van der Waals surface area contributed by atoms with Gasteiger partial charge in [-0.2, -0.15) is 4.98 Å². The minimum atomic E-state index is -0.269. The first-order valence-electron chi connectivity index (χ1n) is 27.3. The summed E-state index contributed by atoms with van der Waals surface area (Å²) in [7, 11) is 1.88. The number of pyridine rings is 2. The smallest absolute Gasteiger partial charge is 0.225 e. The van der Waals surface area contributed by atoms with E-state index >= 15 is 0 Å². The van der Waals surface area contributed by atoms with Crippen molar-refractivity contribution < 1.29 is 13.2 Å². The summed E-state index contributed by atoms with van der Waals surface area (Å²) in [5.41, 5.74) is 11.6. The maximum absolute atomic E-state index is 13.5. The number of aryl methyl sites for hydroxylation is 4. The van der Waals surface area contributed by atoms with Crippen LogP contribution in [0.1, 0.15) is 101 Å². The van der Waals surface area contributed by atoms with Crippen molar-refractivity contribution in [2.45, 2.75) is 79.1 Å². The van der Waals surface area contributed by atoms with Crippen molar-refractivity contribution in [3.63, 3.8) is 0 Å². The molecule has 0 aliphatic carbocycles. The highest BCUT2D eigenvalue weighted by Gasteiger charge is 2.35. The van der Waals surface area contributed by atoms with Gasteiger partial charge < -0.3 is 20.0 Å². The van der Waals surface area contributed by atoms with Crippen molar-refractivity contribution in [1.82, 2.24) is 59.0 Å². The van der Waals surface area contributed by atoms with E-state index in [2.05, 4.69) is 76.0 Å². The number of hydrogen-bond donors (Lipinski definition) is 1. The zero-order chi connectivity index (χ0) is 59.1. The third-order valence-electron chi connectivity index (χ3n) is 14.9. The molecule has 0 saturated carbocycles. The molecule has 3 atom stereocenters. The first-order chi connectivity index (χ1) is 40.4. The summed E-state index contributed by atoms with van der Waals surface area (Å²) in [6.07, 6.45) is 12.2. The maximum atomic E-state index is 13.5. The average molecular weight is 1190 g/mol. The molecule has 0 fully saturated rings. The van der Waals surface area contributed by atoms with Gasteiger partial charge in [0.15, 0.2) is 0 Å². The molecule has 3 aliphatic heterocycles. The molecule has 0 amide bonds. The standard InChI is InChI=1S/C25H26FN7.C24H22ClFN6.C13H10Cl2FN3/c1-15-9-18(11-28-24(15)32-13-17(3)29-14-32)10-21-30-23(27-4)22-16(2)12-33(25(22)31-21)20-7-5-19(26)6-8-20;1-14-8-17(10-27-23(14)31-12-16(3)28-13-31)9-20-29-22(25)21-15(2)11-32(24(21)30-20)19-6-4-18(26)5-7-19;1-7-6-19(9-4-2-8(16)3-5-9)12-10(7)11(14)17-13(15)18-12/h5-9,11,13-14,16H,10,12H2,1-4H3,(H,27,30,31);4-8,10,12-13,15H,9,11H2,1-3H3;2-5,7H,6H2,1H3. The number of nitrogens with zero attached hydrogens (tertiary/aromatic N) is 15. The summed E-state index contributed by atoms with van der Waals surface area (Å²) >= 11 is 18.6. The van der Waals surface area contributed by atoms with E-state index in [9.17, 15) is 13.2 Å². The number of imidazole rings is 2. The van der Waals surface area contributed by atoms with Crippen LogP contribution in [0.5, 0.6) is 0 Å². The molecule has 0 bridgehead atoms. The third-order valence-corrected chi connectivity index (χ3v) is 15.6. The Balaban J connectivity index is 0.000000136. The summed E-state index contributed by atoms with van der Waals surface area (Å²) in [4.78, 5) is 51.4. The Hall–Kier alpha value is -8.52. The number of anilines is 7. The van der Waals surface area contributed by atoms with Crippen molar-refractivity contribution in [1.29, 1.82) is 0 Å². The van der Waals surface area contributed by atoms with Gasteiger partial charge in [-0.05, 0) is 134 Å². The predicted molar refractivity (Wildman–Crippen MR) is 323 cm³/mol. The normalized spacial score (nSPS) is 15.7. The SMILES string of the molecule is CC1CN(c2ccc(F)cc2)c2nc(Cl)nc(Cl)c21.CNc1nc(Cc2cnc(-n3cnc(C)c3)c(C)c2)nc2c1C(C)CN2c1ccc(F)cc1.Cc1cn(-c2ncc(Cc3nc(Cl)c4c(n3)N(c3ccc(F)cc3)CC4C)cc2C)cn1. The molecule has 0 spiro atoms. The van der Waals surface area contributed by atoms with Gasteiger partial charge in [-0.25, -0.2) is 58.0 Å². The van der Waals surface area contributed by atoms with Gasteiger partial charge in [0.1, 0.15) is 87.0 Å². The number of halogens is 6. The van der Waals surface area contributed by atoms with Gasteiger partial charge in [-0.1, -0.05) is 56.1 Å². The molecule has 10 heterocycles. The van der Waals surface area contributed by atoms with Gasteiger partial charge >= 0.3 is 0 Å². The lowest BCUT2D eigenvalue weighted by atomic mass is 10.1. The lowest BCUT2D eigenvalue weighted by Gasteiger charge is -2.19. The van der Waals surface area contributed by atoms with E-state index in [1.54, 1.807) is 49.1 Å². The van der Waals surface area contributed by atoms with Crippen LogP contribution < -0.4 is 20.0 Å². The molecule has 3 aromatic carbocycles. The molecule has 3 unspecified atom stereocenters. The molecule has 0 radical (unpaired) electrons. The number of fused-ring (bicyclic) bond motifs is 3. The van der Waals surface area contributed by atoms with Crippen LogP contribution in [0.4, 0.5) is 53.5 Å². The van der Waals surface area contributed by atoms with Crippen molar-refractivity contribution in [3.05, 3.63) is 217 Å². The highest BCUT2D eigenvalue weighted by Crippen LogP contribution is 2.45. The van der Waals surface area contributed by atoms with Gasteiger partial charge in [-0.3, -0.25) is 9.13 Å². The molecule has 3 aliphatic rings. The second-order valence-electron chi connectivity index (χ2n) is 21.3. The van der Waals surface area contributed by atoms with Gasteiger partial charge in [0, 0.05) is 116 Å². The quantitative estimate of drug-likeness (QED) is 0.102. The van der Waals surface area contributed by atoms with E-state index in [0.29, 0.717) is 40.6 Å². The third kappa shape index (κ3) is 12.0. The molecule has 84 heavy (non-hydrogen) atoms. The van der Waals surface area contributed by atoms with E-state index < -0.39 is 0 Å². The van der Waals surface area contributed by atoms with Crippen LogP contribution in [-0.2, 0) is 12.8 Å². The van der Waals surface area contributed by atoms with Crippen LogP contribution in [0.25, 0.3) is 11.6 Å². The van der Waals surface area contributed by atoms with Gasteiger partial charge in [-0.15, -0.1) is 0 Å². The first-order valence-corrected chi connectivity index (χ1v) is 28.4. The van der Waals surface area contributed by atoms with Crippen molar-refractivity contribution in [2.75, 3.05) is 46.7 Å². The Bertz CT molecular complexity index is 4050. The van der Waals surface area contributed by atoms with Crippen LogP contribution in [0.3, 0.4) is 0 Å². The van der Waals surface area contributed by atoms with Crippen molar-refractivity contribution in [3.8, 4) is 11.6 Å². The topological polar surface area (TPSA) is 161 Å². The summed E-state index contributed by atoms with van der Waals surface area (Å²) in [5.74, 6) is 6.09. The Kier molecular flexibility index (Phi) is 16.4. The lowest BCUT2D eigenvalue weighted by molar-refractivity contribution is 0.627. The zero-order valence-corrected chi connectivity index (χ0v) is 49.6. The highest BCUT2D eigenvalue weighted by molar-refractivity contribution is 6.33. The average Bonchev–Trinajstić information content (AvgIpc) is 3.73. The number of aromatic nitrogens is 12. The largest absolute Gasteiger partial charge is 0.373 e. The van der Waals surface area contributed by atoms with Crippen LogP contribution >= 0.6 is 34.8 Å². The predicted octanol–water partition coefficient (Wildman–Crippen LogP) is 14.2. The summed E-state index contributed by atoms with van der Waals surface area (Å²) in [6.45, 7) is 16.5. The van der Waals surface area contributed by atoms with E-state index in [-0.39, 0.29) is 40.5 Å². The second kappa shape index (κ2) is 24.0. The number of nitrogens with one attached hydrogen (secondary N) is 1. The Morgan fingerprint density at radius 3 is 1.25 bits per heavy atom. The van der Waals surface area contributed by atoms with Crippen LogP contribution in [0, 0.1) is 45.1 Å². The number of benzene rings is 3. The Labute approximate surface area is 499 Å². The summed E-state index contributed by atoms with van der Waals surface area (Å²) in [6, 6.07) is 23.5. The van der Waals surface area contributed by atoms with Crippen LogP contribution in [0.2, 0.25) is 15.6 Å². The molecule has 13 rings (SSSR count). The zero-order valence-electron chi connectivity index (χ0n) is 47.3. The monoisotopic (exact) mass is 1190 g/mol. The fourth-order valence-electron chi connectivity index (χ4n) is 11.0. The number of rotatable bonds is 10. The van der Waals surface area contributed by atoms with Crippen LogP contribution in [0.15, 0.2) is 122 Å². The molecule has 428 valence electrons. The summed E-state index contributed by atoms with van der Waals surface area (Å²) in [5, 5.41) is 4.21. The van der Waals surface area contributed by atoms with Crippen LogP contribution in [-0.4, -0.2) is 85.7 Å². The fourth-order valence-corrected chi connectivity index (χ4v) is 11.9. The van der Waals surface area contributed by atoms with Crippen molar-refractivity contribution in [2.24, 2.45) is 0 Å². The van der Waals surface area contributed by atoms with Gasteiger partial charge in [0.25, 0.3) is 0 Å². The first kappa shape index (κ1) is 57.3. The molecule has 10 aromatic rings.